The number of carbonyl (C=O) groups excluding carboxylic acids is 1. The largest absolute Gasteiger partial charge is 0.399 e. The number of nitrogen functional groups attached to an aromatic ring is 1. The molecule has 2 rings (SSSR count). The van der Waals surface area contributed by atoms with Crippen LogP contribution in [0.3, 0.4) is 0 Å². The predicted octanol–water partition coefficient (Wildman–Crippen LogP) is 1.36. The Morgan fingerprint density at radius 3 is 2.90 bits per heavy atom. The number of nitrogens with one attached hydrogen (secondary N) is 2. The first-order valence-electron chi connectivity index (χ1n) is 6.81. The van der Waals surface area contributed by atoms with Gasteiger partial charge < -0.3 is 20.9 Å². The molecule has 7 heteroatoms. The fourth-order valence-electron chi connectivity index (χ4n) is 1.91. The predicted molar refractivity (Wildman–Crippen MR) is 80.1 cm³/mol. The van der Waals surface area contributed by atoms with Gasteiger partial charge in [-0.2, -0.15) is 4.98 Å². The minimum atomic E-state index is -0.129. The Balaban J connectivity index is 2.04. The van der Waals surface area contributed by atoms with Crippen LogP contribution in [0.15, 0.2) is 22.7 Å². The first kappa shape index (κ1) is 14.8. The molecule has 1 aromatic carbocycles. The van der Waals surface area contributed by atoms with Crippen molar-refractivity contribution in [2.75, 3.05) is 24.1 Å². The van der Waals surface area contributed by atoms with Crippen LogP contribution in [0.1, 0.15) is 29.0 Å². The van der Waals surface area contributed by atoms with E-state index in [0.717, 1.165) is 0 Å². The van der Waals surface area contributed by atoms with Crippen LogP contribution in [0.2, 0.25) is 0 Å². The third-order valence-corrected chi connectivity index (χ3v) is 2.86. The van der Waals surface area contributed by atoms with E-state index in [1.807, 2.05) is 6.92 Å². The van der Waals surface area contributed by atoms with Crippen molar-refractivity contribution in [1.82, 2.24) is 15.5 Å². The van der Waals surface area contributed by atoms with Crippen molar-refractivity contribution in [3.63, 3.8) is 0 Å². The maximum Gasteiger partial charge on any atom is 0.253 e. The molecule has 0 aliphatic heterocycles. The number of anilines is 2. The van der Waals surface area contributed by atoms with Crippen LogP contribution in [0.25, 0.3) is 0 Å². The Bertz CT molecular complexity index is 624. The minimum Gasteiger partial charge on any atom is -0.399 e. The first-order valence-corrected chi connectivity index (χ1v) is 6.81. The number of amides is 1. The van der Waals surface area contributed by atoms with Crippen LogP contribution in [0.4, 0.5) is 11.4 Å². The lowest BCUT2D eigenvalue weighted by Crippen LogP contribution is -2.24. The molecule has 1 heterocycles. The van der Waals surface area contributed by atoms with Gasteiger partial charge in [0.05, 0.1) is 5.56 Å². The second-order valence-electron chi connectivity index (χ2n) is 4.57. The third-order valence-electron chi connectivity index (χ3n) is 2.86. The molecule has 0 aliphatic carbocycles. The topological polar surface area (TPSA) is 106 Å². The fourth-order valence-corrected chi connectivity index (χ4v) is 1.91. The van der Waals surface area contributed by atoms with E-state index in [1.165, 1.54) is 0 Å². The number of benzene rings is 1. The van der Waals surface area contributed by atoms with Crippen LogP contribution < -0.4 is 16.4 Å². The van der Waals surface area contributed by atoms with E-state index in [1.54, 1.807) is 25.1 Å². The number of hydrogen-bond acceptors (Lipinski definition) is 6. The van der Waals surface area contributed by atoms with Crippen molar-refractivity contribution in [1.29, 1.82) is 0 Å². The highest BCUT2D eigenvalue weighted by Gasteiger charge is 2.11. The van der Waals surface area contributed by atoms with E-state index >= 15 is 0 Å². The standard InChI is InChI=1S/C14H19N5O2/c1-3-16-14(20)11-5-4-10(15)8-12(11)17-7-6-13-18-9(2)21-19-13/h4-5,8,17H,3,6-7,15H2,1-2H3,(H,16,20). The van der Waals surface area contributed by atoms with E-state index in [4.69, 9.17) is 10.3 Å². The van der Waals surface area contributed by atoms with Crippen molar-refractivity contribution in [2.24, 2.45) is 0 Å². The van der Waals surface area contributed by atoms with Gasteiger partial charge in [-0.25, -0.2) is 0 Å². The number of nitrogens with two attached hydrogens (primary N) is 1. The second kappa shape index (κ2) is 6.74. The summed E-state index contributed by atoms with van der Waals surface area (Å²) in [5, 5.41) is 9.78. The van der Waals surface area contributed by atoms with Crippen LogP contribution >= 0.6 is 0 Å². The Morgan fingerprint density at radius 1 is 1.43 bits per heavy atom. The van der Waals surface area contributed by atoms with Crippen LogP contribution in [0.5, 0.6) is 0 Å². The lowest BCUT2D eigenvalue weighted by atomic mass is 10.1. The summed E-state index contributed by atoms with van der Waals surface area (Å²) in [4.78, 5) is 16.1. The molecule has 0 fully saturated rings. The number of rotatable bonds is 6. The molecule has 0 radical (unpaired) electrons. The molecule has 0 atom stereocenters. The monoisotopic (exact) mass is 289 g/mol. The second-order valence-corrected chi connectivity index (χ2v) is 4.57. The molecule has 0 spiro atoms. The molecule has 0 aliphatic rings. The van der Waals surface area contributed by atoms with Crippen molar-refractivity contribution in [2.45, 2.75) is 20.3 Å². The van der Waals surface area contributed by atoms with Gasteiger partial charge in [0.25, 0.3) is 5.91 Å². The highest BCUT2D eigenvalue weighted by molar-refractivity contribution is 6.00. The van der Waals surface area contributed by atoms with E-state index < -0.39 is 0 Å². The number of aryl methyl sites for hydroxylation is 1. The van der Waals surface area contributed by atoms with Gasteiger partial charge in [-0.1, -0.05) is 5.16 Å². The van der Waals surface area contributed by atoms with Crippen molar-refractivity contribution < 1.29 is 9.32 Å². The molecule has 1 aromatic heterocycles. The minimum absolute atomic E-state index is 0.129. The molecule has 0 saturated heterocycles. The summed E-state index contributed by atoms with van der Waals surface area (Å²) < 4.78 is 4.91. The van der Waals surface area contributed by atoms with Gasteiger partial charge in [0, 0.05) is 37.8 Å². The Morgan fingerprint density at radius 2 is 2.24 bits per heavy atom. The van der Waals surface area contributed by atoms with Crippen LogP contribution in [0, 0.1) is 6.92 Å². The molecular weight excluding hydrogens is 270 g/mol. The average molecular weight is 289 g/mol. The van der Waals surface area contributed by atoms with Gasteiger partial charge in [-0.3, -0.25) is 4.79 Å². The summed E-state index contributed by atoms with van der Waals surface area (Å²) in [6.07, 6.45) is 0.598. The van der Waals surface area contributed by atoms with Gasteiger partial charge in [0.2, 0.25) is 5.89 Å². The summed E-state index contributed by atoms with van der Waals surface area (Å²) in [5.41, 5.74) is 7.64. The average Bonchev–Trinajstić information content (AvgIpc) is 2.85. The SMILES string of the molecule is CCNC(=O)c1ccc(N)cc1NCCc1noc(C)n1. The van der Waals surface area contributed by atoms with Gasteiger partial charge in [-0.05, 0) is 25.1 Å². The number of hydrogen-bond donors (Lipinski definition) is 3. The zero-order valence-corrected chi connectivity index (χ0v) is 12.1. The number of aromatic nitrogens is 2. The maximum absolute atomic E-state index is 12.0. The van der Waals surface area contributed by atoms with Gasteiger partial charge in [-0.15, -0.1) is 0 Å². The number of nitrogens with zero attached hydrogens (tertiary/aromatic N) is 2. The van der Waals surface area contributed by atoms with Gasteiger partial charge >= 0.3 is 0 Å². The molecule has 0 bridgehead atoms. The van der Waals surface area contributed by atoms with E-state index in [9.17, 15) is 4.79 Å². The molecule has 0 saturated carbocycles. The van der Waals surface area contributed by atoms with Crippen LogP contribution in [-0.2, 0) is 6.42 Å². The quantitative estimate of drug-likeness (QED) is 0.693. The zero-order chi connectivity index (χ0) is 15.2. The first-order chi connectivity index (χ1) is 10.1. The third kappa shape index (κ3) is 3.95. The van der Waals surface area contributed by atoms with Gasteiger partial charge in [0.1, 0.15) is 0 Å². The van der Waals surface area contributed by atoms with Crippen molar-refractivity contribution in [3.8, 4) is 0 Å². The molecule has 0 unspecified atom stereocenters. The zero-order valence-electron chi connectivity index (χ0n) is 12.1. The van der Waals surface area contributed by atoms with E-state index in [2.05, 4.69) is 20.8 Å². The summed E-state index contributed by atoms with van der Waals surface area (Å²) in [5.74, 6) is 1.04. The lowest BCUT2D eigenvalue weighted by molar-refractivity contribution is 0.0956. The molecular formula is C14H19N5O2. The highest BCUT2D eigenvalue weighted by atomic mass is 16.5. The van der Waals surface area contributed by atoms with Crippen molar-refractivity contribution >= 4 is 17.3 Å². The Kier molecular flexibility index (Phi) is 4.76. The van der Waals surface area contributed by atoms with E-state index in [0.29, 0.717) is 48.2 Å². The summed E-state index contributed by atoms with van der Waals surface area (Å²) >= 11 is 0. The maximum atomic E-state index is 12.0. The smallest absolute Gasteiger partial charge is 0.253 e. The Hall–Kier alpha value is -2.57. The highest BCUT2D eigenvalue weighted by Crippen LogP contribution is 2.19. The molecule has 112 valence electrons. The van der Waals surface area contributed by atoms with Crippen molar-refractivity contribution in [3.05, 3.63) is 35.5 Å². The van der Waals surface area contributed by atoms with Crippen LogP contribution in [-0.4, -0.2) is 29.1 Å². The molecule has 4 N–H and O–H groups in total. The molecule has 21 heavy (non-hydrogen) atoms. The summed E-state index contributed by atoms with van der Waals surface area (Å²) in [6, 6.07) is 5.16. The normalized spacial score (nSPS) is 10.4. The number of carbonyl (C=O) groups is 1. The molecule has 2 aromatic rings. The van der Waals surface area contributed by atoms with E-state index in [-0.39, 0.29) is 5.91 Å². The fraction of sp³-hybridized carbons (Fsp3) is 0.357. The molecule has 1 amide bonds. The summed E-state index contributed by atoms with van der Waals surface area (Å²) in [7, 11) is 0. The molecule has 7 nitrogen and oxygen atoms in total. The summed E-state index contributed by atoms with van der Waals surface area (Å²) in [6.45, 7) is 4.77. The lowest BCUT2D eigenvalue weighted by Gasteiger charge is -2.12. The van der Waals surface area contributed by atoms with Gasteiger partial charge in [0.15, 0.2) is 5.82 Å². The Labute approximate surface area is 122 Å².